The maximum absolute atomic E-state index is 12.2. The number of rotatable bonds is 3. The van der Waals surface area contributed by atoms with E-state index in [-0.39, 0.29) is 5.91 Å². The minimum atomic E-state index is 0.0305. The van der Waals surface area contributed by atoms with E-state index < -0.39 is 0 Å². The Hall–Kier alpha value is -1.35. The Morgan fingerprint density at radius 1 is 1.20 bits per heavy atom. The Morgan fingerprint density at radius 3 is 2.60 bits per heavy atom. The zero-order valence-electron chi connectivity index (χ0n) is 11.6. The molecular formula is C17H18BrNO. The Labute approximate surface area is 127 Å². The van der Waals surface area contributed by atoms with Crippen LogP contribution in [0, 0.1) is 5.41 Å². The van der Waals surface area contributed by atoms with Crippen molar-refractivity contribution in [3.63, 3.8) is 0 Å². The van der Waals surface area contributed by atoms with Crippen molar-refractivity contribution in [1.82, 2.24) is 5.32 Å². The first-order valence-corrected chi connectivity index (χ1v) is 7.83. The van der Waals surface area contributed by atoms with Crippen LogP contribution in [-0.4, -0.2) is 12.5 Å². The average molecular weight is 332 g/mol. The molecular weight excluding hydrogens is 314 g/mol. The van der Waals surface area contributed by atoms with Gasteiger partial charge in [-0.2, -0.15) is 0 Å². The molecule has 1 saturated carbocycles. The smallest absolute Gasteiger partial charge is 0.251 e. The van der Waals surface area contributed by atoms with Crippen LogP contribution in [0.1, 0.15) is 36.5 Å². The molecule has 1 amide bonds. The van der Waals surface area contributed by atoms with Crippen LogP contribution in [0.5, 0.6) is 0 Å². The van der Waals surface area contributed by atoms with Gasteiger partial charge in [0.2, 0.25) is 0 Å². The number of fused-ring (bicyclic) bond motifs is 1. The standard InChI is InChI=1S/C17H18BrNO/c1-17(7-2-8-17)11-19-16(20)14-4-3-13-10-15(18)6-5-12(13)9-14/h3-6,9-10H,2,7-8,11H2,1H3,(H,19,20). The van der Waals surface area contributed by atoms with Crippen molar-refractivity contribution in [3.05, 3.63) is 46.4 Å². The Balaban J connectivity index is 1.75. The Bertz CT molecular complexity index is 661. The van der Waals surface area contributed by atoms with Gasteiger partial charge in [-0.15, -0.1) is 0 Å². The third-order valence-electron chi connectivity index (χ3n) is 4.30. The normalized spacial score (nSPS) is 16.7. The molecule has 2 aromatic rings. The van der Waals surface area contributed by atoms with Crippen molar-refractivity contribution < 1.29 is 4.79 Å². The highest BCUT2D eigenvalue weighted by atomic mass is 79.9. The summed E-state index contributed by atoms with van der Waals surface area (Å²) in [6.07, 6.45) is 3.73. The predicted octanol–water partition coefficient (Wildman–Crippen LogP) is 4.52. The van der Waals surface area contributed by atoms with Gasteiger partial charge in [0.1, 0.15) is 0 Å². The van der Waals surface area contributed by atoms with Gasteiger partial charge in [-0.1, -0.05) is 41.4 Å². The molecule has 20 heavy (non-hydrogen) atoms. The van der Waals surface area contributed by atoms with E-state index in [0.717, 1.165) is 27.4 Å². The van der Waals surface area contributed by atoms with Crippen LogP contribution in [-0.2, 0) is 0 Å². The second-order valence-corrected chi connectivity index (χ2v) is 6.97. The molecule has 0 bridgehead atoms. The molecule has 1 N–H and O–H groups in total. The summed E-state index contributed by atoms with van der Waals surface area (Å²) in [4.78, 5) is 12.2. The summed E-state index contributed by atoms with van der Waals surface area (Å²) in [5.41, 5.74) is 1.06. The fourth-order valence-corrected chi connectivity index (χ4v) is 3.09. The number of halogens is 1. The van der Waals surface area contributed by atoms with Gasteiger partial charge in [0.25, 0.3) is 5.91 Å². The molecule has 0 spiro atoms. The summed E-state index contributed by atoms with van der Waals surface area (Å²) in [5.74, 6) is 0.0305. The zero-order chi connectivity index (χ0) is 14.2. The number of hydrogen-bond acceptors (Lipinski definition) is 1. The van der Waals surface area contributed by atoms with Crippen molar-refractivity contribution in [2.75, 3.05) is 6.54 Å². The van der Waals surface area contributed by atoms with Gasteiger partial charge in [0.05, 0.1) is 0 Å². The Kier molecular flexibility index (Phi) is 3.55. The summed E-state index contributed by atoms with van der Waals surface area (Å²) in [7, 11) is 0. The monoisotopic (exact) mass is 331 g/mol. The van der Waals surface area contributed by atoms with Crippen molar-refractivity contribution >= 4 is 32.6 Å². The van der Waals surface area contributed by atoms with E-state index in [1.54, 1.807) is 0 Å². The maximum atomic E-state index is 12.2. The largest absolute Gasteiger partial charge is 0.351 e. The molecule has 0 unspecified atom stereocenters. The van der Waals surface area contributed by atoms with Crippen LogP contribution < -0.4 is 5.32 Å². The number of nitrogens with one attached hydrogen (secondary N) is 1. The third kappa shape index (κ3) is 2.73. The lowest BCUT2D eigenvalue weighted by molar-refractivity contribution is 0.0891. The van der Waals surface area contributed by atoms with E-state index in [0.29, 0.717) is 5.41 Å². The van der Waals surface area contributed by atoms with Crippen LogP contribution in [0.3, 0.4) is 0 Å². The van der Waals surface area contributed by atoms with E-state index in [4.69, 9.17) is 0 Å². The van der Waals surface area contributed by atoms with Gasteiger partial charge in [-0.3, -0.25) is 4.79 Å². The van der Waals surface area contributed by atoms with E-state index in [2.05, 4.69) is 34.2 Å². The van der Waals surface area contributed by atoms with Crippen molar-refractivity contribution in [1.29, 1.82) is 0 Å². The molecule has 0 saturated heterocycles. The molecule has 3 rings (SSSR count). The first-order chi connectivity index (χ1) is 9.56. The zero-order valence-corrected chi connectivity index (χ0v) is 13.2. The molecule has 1 fully saturated rings. The van der Waals surface area contributed by atoms with Crippen LogP contribution in [0.4, 0.5) is 0 Å². The minimum absolute atomic E-state index is 0.0305. The number of carbonyl (C=O) groups is 1. The molecule has 1 aliphatic carbocycles. The van der Waals surface area contributed by atoms with Crippen LogP contribution in [0.25, 0.3) is 10.8 Å². The summed E-state index contributed by atoms with van der Waals surface area (Å²) in [5, 5.41) is 5.30. The highest BCUT2D eigenvalue weighted by Gasteiger charge is 2.31. The Morgan fingerprint density at radius 2 is 1.90 bits per heavy atom. The van der Waals surface area contributed by atoms with E-state index in [1.807, 2.05) is 30.3 Å². The molecule has 0 atom stereocenters. The minimum Gasteiger partial charge on any atom is -0.351 e. The summed E-state index contributed by atoms with van der Waals surface area (Å²) in [6.45, 7) is 3.03. The lowest BCUT2D eigenvalue weighted by atomic mass is 9.70. The van der Waals surface area contributed by atoms with E-state index in [1.165, 1.54) is 19.3 Å². The van der Waals surface area contributed by atoms with Crippen LogP contribution >= 0.6 is 15.9 Å². The highest BCUT2D eigenvalue weighted by Crippen LogP contribution is 2.39. The molecule has 0 radical (unpaired) electrons. The quantitative estimate of drug-likeness (QED) is 0.879. The second kappa shape index (κ2) is 5.21. The molecule has 2 nitrogen and oxygen atoms in total. The average Bonchev–Trinajstić information content (AvgIpc) is 2.42. The van der Waals surface area contributed by atoms with Crippen LogP contribution in [0.2, 0.25) is 0 Å². The molecule has 3 heteroatoms. The third-order valence-corrected chi connectivity index (χ3v) is 4.79. The summed E-state index contributed by atoms with van der Waals surface area (Å²) < 4.78 is 1.06. The number of benzene rings is 2. The molecule has 104 valence electrons. The van der Waals surface area contributed by atoms with Crippen LogP contribution in [0.15, 0.2) is 40.9 Å². The maximum Gasteiger partial charge on any atom is 0.251 e. The van der Waals surface area contributed by atoms with Crippen molar-refractivity contribution in [3.8, 4) is 0 Å². The number of hydrogen-bond donors (Lipinski definition) is 1. The number of carbonyl (C=O) groups excluding carboxylic acids is 1. The van der Waals surface area contributed by atoms with Gasteiger partial charge in [0, 0.05) is 16.6 Å². The van der Waals surface area contributed by atoms with Gasteiger partial charge in [-0.25, -0.2) is 0 Å². The van der Waals surface area contributed by atoms with E-state index >= 15 is 0 Å². The van der Waals surface area contributed by atoms with Gasteiger partial charge >= 0.3 is 0 Å². The lowest BCUT2D eigenvalue weighted by Gasteiger charge is -2.38. The first-order valence-electron chi connectivity index (χ1n) is 7.03. The predicted molar refractivity (Wildman–Crippen MR) is 85.9 cm³/mol. The summed E-state index contributed by atoms with van der Waals surface area (Å²) in [6, 6.07) is 11.9. The first kappa shape index (κ1) is 13.6. The molecule has 2 aromatic carbocycles. The highest BCUT2D eigenvalue weighted by molar-refractivity contribution is 9.10. The lowest BCUT2D eigenvalue weighted by Crippen LogP contribution is -2.39. The topological polar surface area (TPSA) is 29.1 Å². The fourth-order valence-electron chi connectivity index (χ4n) is 2.71. The molecule has 0 heterocycles. The summed E-state index contributed by atoms with van der Waals surface area (Å²) >= 11 is 3.46. The SMILES string of the molecule is CC1(CNC(=O)c2ccc3cc(Br)ccc3c2)CCC1. The molecule has 1 aliphatic rings. The molecule has 0 aliphatic heterocycles. The van der Waals surface area contributed by atoms with Crippen molar-refractivity contribution in [2.45, 2.75) is 26.2 Å². The van der Waals surface area contributed by atoms with Gasteiger partial charge < -0.3 is 5.32 Å². The molecule has 0 aromatic heterocycles. The van der Waals surface area contributed by atoms with E-state index in [9.17, 15) is 4.79 Å². The second-order valence-electron chi connectivity index (χ2n) is 6.05. The number of amides is 1. The fraction of sp³-hybridized carbons (Fsp3) is 0.353. The van der Waals surface area contributed by atoms with Crippen molar-refractivity contribution in [2.24, 2.45) is 5.41 Å². The van der Waals surface area contributed by atoms with Gasteiger partial charge in [0.15, 0.2) is 0 Å². The van der Waals surface area contributed by atoms with Gasteiger partial charge in [-0.05, 0) is 53.3 Å².